The summed E-state index contributed by atoms with van der Waals surface area (Å²) in [5.41, 5.74) is 2.27. The van der Waals surface area contributed by atoms with Crippen LogP contribution in [0.5, 0.6) is 0 Å². The lowest BCUT2D eigenvalue weighted by Gasteiger charge is -2.09. The van der Waals surface area contributed by atoms with Crippen LogP contribution in [0, 0.1) is 17.2 Å². The van der Waals surface area contributed by atoms with E-state index in [9.17, 15) is 4.79 Å². The number of carbonyl (C=O) groups is 1. The molecule has 0 bridgehead atoms. The molecule has 0 radical (unpaired) electrons. The number of aliphatic imine (C=N–C) groups is 1. The summed E-state index contributed by atoms with van der Waals surface area (Å²) in [6, 6.07) is 9.99. The number of rotatable bonds is 7. The molecular formula is C16H21N3O2. The third-order valence-corrected chi connectivity index (χ3v) is 2.73. The molecule has 0 aliphatic heterocycles. The van der Waals surface area contributed by atoms with E-state index in [2.05, 4.69) is 22.0 Å². The van der Waals surface area contributed by atoms with E-state index in [0.29, 0.717) is 6.54 Å². The van der Waals surface area contributed by atoms with Gasteiger partial charge in [-0.3, -0.25) is 9.79 Å². The summed E-state index contributed by atoms with van der Waals surface area (Å²) in [6.45, 7) is 3.31. The molecule has 1 aromatic rings. The van der Waals surface area contributed by atoms with E-state index in [4.69, 9.17) is 10.00 Å². The van der Waals surface area contributed by atoms with Gasteiger partial charge in [-0.05, 0) is 32.1 Å². The Labute approximate surface area is 125 Å². The molecule has 0 heterocycles. The van der Waals surface area contributed by atoms with Crippen LogP contribution in [-0.2, 0) is 22.6 Å². The second-order valence-electron chi connectivity index (χ2n) is 4.90. The second-order valence-corrected chi connectivity index (χ2v) is 4.90. The molecule has 1 rings (SSSR count). The lowest BCUT2D eigenvalue weighted by Crippen LogP contribution is -2.17. The van der Waals surface area contributed by atoms with Crippen LogP contribution in [0.2, 0.25) is 0 Å². The number of hydrogen-bond acceptors (Lipinski definition) is 5. The fraction of sp³-hybridized carbons (Fsp3) is 0.438. The van der Waals surface area contributed by atoms with Gasteiger partial charge in [-0.15, -0.1) is 0 Å². The number of esters is 1. The predicted octanol–water partition coefficient (Wildman–Crippen LogP) is 2.02. The molecule has 21 heavy (non-hydrogen) atoms. The molecule has 1 aromatic carbocycles. The number of hydrogen-bond donors (Lipinski definition) is 0. The SMILES string of the molecule is CCOC(=O)[C@H](C#N)C=NCc1ccc(CN(C)C)cc1. The van der Waals surface area contributed by atoms with Crippen LogP contribution in [0.25, 0.3) is 0 Å². The molecule has 0 N–H and O–H groups in total. The Morgan fingerprint density at radius 3 is 2.52 bits per heavy atom. The minimum absolute atomic E-state index is 0.262. The maximum atomic E-state index is 11.4. The topological polar surface area (TPSA) is 65.7 Å². The molecular weight excluding hydrogens is 266 g/mol. The largest absolute Gasteiger partial charge is 0.465 e. The Kier molecular flexibility index (Phi) is 7.13. The van der Waals surface area contributed by atoms with Crippen molar-refractivity contribution in [1.82, 2.24) is 4.90 Å². The zero-order chi connectivity index (χ0) is 15.7. The number of nitrogens with zero attached hydrogens (tertiary/aromatic N) is 3. The highest BCUT2D eigenvalue weighted by Gasteiger charge is 2.15. The van der Waals surface area contributed by atoms with E-state index in [-0.39, 0.29) is 6.61 Å². The second kappa shape index (κ2) is 8.88. The van der Waals surface area contributed by atoms with Crippen LogP contribution >= 0.6 is 0 Å². The number of carbonyl (C=O) groups excluding carboxylic acids is 1. The van der Waals surface area contributed by atoms with Crippen LogP contribution in [-0.4, -0.2) is 37.8 Å². The van der Waals surface area contributed by atoms with E-state index in [1.54, 1.807) is 6.92 Å². The van der Waals surface area contributed by atoms with Gasteiger partial charge in [0.25, 0.3) is 0 Å². The van der Waals surface area contributed by atoms with Gasteiger partial charge < -0.3 is 9.64 Å². The van der Waals surface area contributed by atoms with E-state index >= 15 is 0 Å². The summed E-state index contributed by atoms with van der Waals surface area (Å²) in [6.07, 6.45) is 1.35. The van der Waals surface area contributed by atoms with E-state index < -0.39 is 11.9 Å². The Morgan fingerprint density at radius 2 is 2.00 bits per heavy atom. The normalized spacial score (nSPS) is 12.3. The van der Waals surface area contributed by atoms with Crippen molar-refractivity contribution in [3.63, 3.8) is 0 Å². The Balaban J connectivity index is 2.56. The van der Waals surface area contributed by atoms with Crippen LogP contribution < -0.4 is 0 Å². The van der Waals surface area contributed by atoms with Crippen molar-refractivity contribution in [2.24, 2.45) is 10.9 Å². The fourth-order valence-electron chi connectivity index (χ4n) is 1.76. The summed E-state index contributed by atoms with van der Waals surface area (Å²) in [5.74, 6) is -1.48. The molecule has 1 atom stereocenters. The van der Waals surface area contributed by atoms with Crippen molar-refractivity contribution in [1.29, 1.82) is 5.26 Å². The van der Waals surface area contributed by atoms with Crippen molar-refractivity contribution in [2.45, 2.75) is 20.0 Å². The summed E-state index contributed by atoms with van der Waals surface area (Å²) in [4.78, 5) is 17.7. The zero-order valence-corrected chi connectivity index (χ0v) is 12.7. The van der Waals surface area contributed by atoms with Crippen molar-refractivity contribution in [3.05, 3.63) is 35.4 Å². The molecule has 0 aromatic heterocycles. The smallest absolute Gasteiger partial charge is 0.328 e. The van der Waals surface area contributed by atoms with Crippen molar-refractivity contribution in [2.75, 3.05) is 20.7 Å². The monoisotopic (exact) mass is 287 g/mol. The predicted molar refractivity (Wildman–Crippen MR) is 81.8 cm³/mol. The Bertz CT molecular complexity index is 515. The van der Waals surface area contributed by atoms with Gasteiger partial charge in [0.05, 0.1) is 19.2 Å². The number of nitriles is 1. The first kappa shape index (κ1) is 16.9. The van der Waals surface area contributed by atoms with E-state index in [0.717, 1.165) is 12.1 Å². The molecule has 0 amide bonds. The van der Waals surface area contributed by atoms with Crippen molar-refractivity contribution < 1.29 is 9.53 Å². The van der Waals surface area contributed by atoms with Crippen LogP contribution in [0.15, 0.2) is 29.3 Å². The lowest BCUT2D eigenvalue weighted by molar-refractivity contribution is -0.143. The summed E-state index contributed by atoms with van der Waals surface area (Å²) in [5, 5.41) is 8.89. The highest BCUT2D eigenvalue weighted by molar-refractivity contribution is 5.92. The first-order valence-corrected chi connectivity index (χ1v) is 6.85. The van der Waals surface area contributed by atoms with Gasteiger partial charge in [0.15, 0.2) is 5.92 Å². The highest BCUT2D eigenvalue weighted by Crippen LogP contribution is 2.07. The standard InChI is InChI=1S/C16H21N3O2/c1-4-21-16(20)15(9-17)11-18-10-13-5-7-14(8-6-13)12-19(2)3/h5-8,11,15H,4,10,12H2,1-3H3/t15-/m1/s1. The van der Waals surface area contributed by atoms with Gasteiger partial charge >= 0.3 is 5.97 Å². The molecule has 0 saturated heterocycles. The first-order valence-electron chi connectivity index (χ1n) is 6.85. The van der Waals surface area contributed by atoms with Crippen molar-refractivity contribution >= 4 is 12.2 Å². The summed E-state index contributed by atoms with van der Waals surface area (Å²) < 4.78 is 4.79. The van der Waals surface area contributed by atoms with E-state index in [1.807, 2.05) is 32.3 Å². The zero-order valence-electron chi connectivity index (χ0n) is 12.7. The van der Waals surface area contributed by atoms with Gasteiger partial charge in [-0.2, -0.15) is 5.26 Å². The summed E-state index contributed by atoms with van der Waals surface area (Å²) in [7, 11) is 4.05. The van der Waals surface area contributed by atoms with Gasteiger partial charge in [-0.1, -0.05) is 24.3 Å². The maximum Gasteiger partial charge on any atom is 0.328 e. The van der Waals surface area contributed by atoms with Gasteiger partial charge in [0.1, 0.15) is 0 Å². The molecule has 5 nitrogen and oxygen atoms in total. The molecule has 0 aliphatic rings. The van der Waals surface area contributed by atoms with Crippen LogP contribution in [0.3, 0.4) is 0 Å². The average molecular weight is 287 g/mol. The molecule has 0 unspecified atom stereocenters. The van der Waals surface area contributed by atoms with Gasteiger partial charge in [0, 0.05) is 12.8 Å². The highest BCUT2D eigenvalue weighted by atomic mass is 16.5. The molecule has 5 heteroatoms. The van der Waals surface area contributed by atoms with Crippen LogP contribution in [0.1, 0.15) is 18.1 Å². The average Bonchev–Trinajstić information content (AvgIpc) is 2.45. The van der Waals surface area contributed by atoms with Gasteiger partial charge in [-0.25, -0.2) is 0 Å². The molecule has 0 saturated carbocycles. The van der Waals surface area contributed by atoms with Gasteiger partial charge in [0.2, 0.25) is 0 Å². The third-order valence-electron chi connectivity index (χ3n) is 2.73. The third kappa shape index (κ3) is 6.19. The lowest BCUT2D eigenvalue weighted by atomic mass is 10.1. The Hall–Kier alpha value is -2.19. The quantitative estimate of drug-likeness (QED) is 0.568. The molecule has 0 aliphatic carbocycles. The van der Waals surface area contributed by atoms with E-state index in [1.165, 1.54) is 11.8 Å². The minimum Gasteiger partial charge on any atom is -0.465 e. The number of benzene rings is 1. The fourth-order valence-corrected chi connectivity index (χ4v) is 1.76. The maximum absolute atomic E-state index is 11.4. The molecule has 0 fully saturated rings. The minimum atomic E-state index is -0.932. The van der Waals surface area contributed by atoms with Crippen LogP contribution in [0.4, 0.5) is 0 Å². The van der Waals surface area contributed by atoms with Crippen molar-refractivity contribution in [3.8, 4) is 6.07 Å². The first-order chi connectivity index (χ1) is 10.1. The number of ether oxygens (including phenoxy) is 1. The molecule has 112 valence electrons. The Morgan fingerprint density at radius 1 is 1.38 bits per heavy atom. The molecule has 0 spiro atoms. The summed E-state index contributed by atoms with van der Waals surface area (Å²) >= 11 is 0.